The first-order valence-electron chi connectivity index (χ1n) is 7.89. The summed E-state index contributed by atoms with van der Waals surface area (Å²) in [5.74, 6) is 0.200. The van der Waals surface area contributed by atoms with E-state index < -0.39 is 5.97 Å². The largest absolute Gasteiger partial charge is 0.478 e. The summed E-state index contributed by atoms with van der Waals surface area (Å²) in [7, 11) is 0. The maximum absolute atomic E-state index is 11.8. The van der Waals surface area contributed by atoms with E-state index in [1.165, 1.54) is 6.42 Å². The molecule has 2 heterocycles. The number of aromatic nitrogens is 2. The summed E-state index contributed by atoms with van der Waals surface area (Å²) in [6.45, 7) is 9.19. The Morgan fingerprint density at radius 3 is 2.57 bits per heavy atom. The zero-order valence-electron chi connectivity index (χ0n) is 13.4. The van der Waals surface area contributed by atoms with Crippen LogP contribution in [0.3, 0.4) is 0 Å². The predicted octanol–water partition coefficient (Wildman–Crippen LogP) is 2.92. The Hall–Kier alpha value is -1.65. The van der Waals surface area contributed by atoms with Crippen LogP contribution in [-0.4, -0.2) is 33.9 Å². The molecule has 1 aliphatic rings. The van der Waals surface area contributed by atoms with E-state index in [1.807, 2.05) is 13.8 Å². The number of rotatable bonds is 4. The van der Waals surface area contributed by atoms with E-state index >= 15 is 0 Å². The number of hydrogen-bond donors (Lipinski definition) is 1. The fourth-order valence-corrected chi connectivity index (χ4v) is 3.22. The monoisotopic (exact) mass is 291 g/mol. The molecule has 0 bridgehead atoms. The minimum Gasteiger partial charge on any atom is -0.478 e. The van der Waals surface area contributed by atoms with Gasteiger partial charge in [0.25, 0.3) is 0 Å². The molecule has 0 amide bonds. The van der Waals surface area contributed by atoms with Gasteiger partial charge in [-0.1, -0.05) is 20.8 Å². The van der Waals surface area contributed by atoms with Crippen molar-refractivity contribution < 1.29 is 9.90 Å². The molecule has 0 aliphatic carbocycles. The van der Waals surface area contributed by atoms with E-state index in [1.54, 1.807) is 0 Å². The van der Waals surface area contributed by atoms with Gasteiger partial charge in [-0.25, -0.2) is 4.79 Å². The Morgan fingerprint density at radius 1 is 1.29 bits per heavy atom. The summed E-state index contributed by atoms with van der Waals surface area (Å²) in [5.41, 5.74) is 1.99. The van der Waals surface area contributed by atoms with Crippen LogP contribution in [-0.2, 0) is 12.8 Å². The van der Waals surface area contributed by atoms with Gasteiger partial charge in [0.2, 0.25) is 0 Å². The van der Waals surface area contributed by atoms with Gasteiger partial charge >= 0.3 is 5.97 Å². The first-order chi connectivity index (χ1) is 10.0. The van der Waals surface area contributed by atoms with Gasteiger partial charge in [-0.3, -0.25) is 0 Å². The Morgan fingerprint density at radius 2 is 2.00 bits per heavy atom. The molecule has 2 rings (SSSR count). The molecule has 21 heavy (non-hydrogen) atoms. The van der Waals surface area contributed by atoms with Crippen LogP contribution in [0.25, 0.3) is 0 Å². The minimum absolute atomic E-state index is 0.295. The average molecular weight is 291 g/mol. The van der Waals surface area contributed by atoms with Crippen molar-refractivity contribution in [3.8, 4) is 0 Å². The molecule has 116 valence electrons. The number of carboxylic acid groups (broad SMARTS) is 1. The third-order valence-corrected chi connectivity index (χ3v) is 4.69. The fraction of sp³-hybridized carbons (Fsp3) is 0.688. The zero-order valence-corrected chi connectivity index (χ0v) is 13.4. The third kappa shape index (κ3) is 2.87. The molecular weight excluding hydrogens is 266 g/mol. The molecule has 1 aliphatic heterocycles. The van der Waals surface area contributed by atoms with Gasteiger partial charge in [0.1, 0.15) is 5.56 Å². The standard InChI is InChI=1S/C16H25N3O2/c1-5-12-13(6-2)17-18-15(14(12)16(20)21)19-9-7-8-10(3)11(19)4/h10-11H,5-9H2,1-4H3,(H,20,21). The van der Waals surface area contributed by atoms with Crippen molar-refractivity contribution in [2.45, 2.75) is 59.4 Å². The second-order valence-corrected chi connectivity index (χ2v) is 5.89. The predicted molar refractivity (Wildman–Crippen MR) is 83.0 cm³/mol. The molecule has 5 nitrogen and oxygen atoms in total. The zero-order chi connectivity index (χ0) is 15.6. The first kappa shape index (κ1) is 15.7. The lowest BCUT2D eigenvalue weighted by Crippen LogP contribution is -2.44. The maximum Gasteiger partial charge on any atom is 0.339 e. The highest BCUT2D eigenvalue weighted by Crippen LogP contribution is 2.31. The van der Waals surface area contributed by atoms with Gasteiger partial charge in [-0.05, 0) is 44.1 Å². The molecule has 0 saturated carbocycles. The Balaban J connectivity index is 2.55. The summed E-state index contributed by atoms with van der Waals surface area (Å²) < 4.78 is 0. The van der Waals surface area contributed by atoms with Crippen molar-refractivity contribution >= 4 is 11.8 Å². The van der Waals surface area contributed by atoms with E-state index in [9.17, 15) is 9.90 Å². The molecule has 1 fully saturated rings. The number of aromatic carboxylic acids is 1. The highest BCUT2D eigenvalue weighted by molar-refractivity contribution is 5.95. The number of anilines is 1. The molecule has 0 radical (unpaired) electrons. The Bertz CT molecular complexity index is 530. The number of piperidine rings is 1. The van der Waals surface area contributed by atoms with Crippen LogP contribution in [0.15, 0.2) is 0 Å². The quantitative estimate of drug-likeness (QED) is 0.924. The lowest BCUT2D eigenvalue weighted by molar-refractivity contribution is 0.0695. The van der Waals surface area contributed by atoms with Crippen LogP contribution in [0.2, 0.25) is 0 Å². The van der Waals surface area contributed by atoms with Crippen molar-refractivity contribution in [1.82, 2.24) is 10.2 Å². The number of aryl methyl sites for hydroxylation is 1. The van der Waals surface area contributed by atoms with E-state index in [4.69, 9.17) is 0 Å². The van der Waals surface area contributed by atoms with E-state index in [-0.39, 0.29) is 0 Å². The summed E-state index contributed by atoms with van der Waals surface area (Å²) in [6.07, 6.45) is 3.64. The Kier molecular flexibility index (Phi) is 4.80. The molecule has 1 N–H and O–H groups in total. The van der Waals surface area contributed by atoms with Crippen LogP contribution < -0.4 is 4.90 Å². The molecular formula is C16H25N3O2. The molecule has 2 unspecified atom stereocenters. The second kappa shape index (κ2) is 6.41. The molecule has 1 aromatic rings. The van der Waals surface area contributed by atoms with Gasteiger partial charge in [0.15, 0.2) is 5.82 Å². The Labute approximate surface area is 126 Å². The van der Waals surface area contributed by atoms with Gasteiger partial charge in [-0.15, -0.1) is 5.10 Å². The topological polar surface area (TPSA) is 66.3 Å². The number of nitrogens with zero attached hydrogens (tertiary/aromatic N) is 3. The third-order valence-electron chi connectivity index (χ3n) is 4.69. The summed E-state index contributed by atoms with van der Waals surface area (Å²) in [4.78, 5) is 13.9. The number of hydrogen-bond acceptors (Lipinski definition) is 4. The number of carbonyl (C=O) groups is 1. The average Bonchev–Trinajstić information content (AvgIpc) is 2.48. The first-order valence-corrected chi connectivity index (χ1v) is 7.89. The van der Waals surface area contributed by atoms with Crippen molar-refractivity contribution in [2.75, 3.05) is 11.4 Å². The summed E-state index contributed by atoms with van der Waals surface area (Å²) in [6, 6.07) is 0.295. The lowest BCUT2D eigenvalue weighted by atomic mass is 9.91. The second-order valence-electron chi connectivity index (χ2n) is 5.89. The molecule has 5 heteroatoms. The van der Waals surface area contributed by atoms with Gasteiger partial charge in [-0.2, -0.15) is 5.10 Å². The van der Waals surface area contributed by atoms with E-state index in [2.05, 4.69) is 28.9 Å². The van der Waals surface area contributed by atoms with E-state index in [0.717, 1.165) is 24.2 Å². The molecule has 0 aromatic carbocycles. The normalized spacial score (nSPS) is 22.4. The van der Waals surface area contributed by atoms with Crippen LogP contribution in [0.1, 0.15) is 62.2 Å². The number of carboxylic acids is 1. The van der Waals surface area contributed by atoms with Crippen molar-refractivity contribution in [1.29, 1.82) is 0 Å². The minimum atomic E-state index is -0.892. The van der Waals surface area contributed by atoms with Gasteiger partial charge < -0.3 is 10.0 Å². The van der Waals surface area contributed by atoms with Crippen molar-refractivity contribution in [3.63, 3.8) is 0 Å². The molecule has 0 spiro atoms. The van der Waals surface area contributed by atoms with Crippen LogP contribution >= 0.6 is 0 Å². The summed E-state index contributed by atoms with van der Waals surface area (Å²) >= 11 is 0. The SMILES string of the molecule is CCc1nnc(N2CCCC(C)C2C)c(C(=O)O)c1CC. The van der Waals surface area contributed by atoms with Crippen LogP contribution in [0.5, 0.6) is 0 Å². The van der Waals surface area contributed by atoms with Gasteiger partial charge in [0, 0.05) is 12.6 Å². The lowest BCUT2D eigenvalue weighted by Gasteiger charge is -2.39. The maximum atomic E-state index is 11.8. The van der Waals surface area contributed by atoms with Crippen molar-refractivity contribution in [3.05, 3.63) is 16.8 Å². The van der Waals surface area contributed by atoms with Gasteiger partial charge in [0.05, 0.1) is 5.69 Å². The highest BCUT2D eigenvalue weighted by Gasteiger charge is 2.31. The highest BCUT2D eigenvalue weighted by atomic mass is 16.4. The molecule has 1 aromatic heterocycles. The van der Waals surface area contributed by atoms with Crippen molar-refractivity contribution in [2.24, 2.45) is 5.92 Å². The molecule has 1 saturated heterocycles. The fourth-order valence-electron chi connectivity index (χ4n) is 3.22. The van der Waals surface area contributed by atoms with Crippen LogP contribution in [0.4, 0.5) is 5.82 Å². The smallest absolute Gasteiger partial charge is 0.339 e. The molecule has 2 atom stereocenters. The van der Waals surface area contributed by atoms with Crippen LogP contribution in [0, 0.1) is 5.92 Å². The van der Waals surface area contributed by atoms with E-state index in [0.29, 0.717) is 36.2 Å². The summed E-state index contributed by atoms with van der Waals surface area (Å²) in [5, 5.41) is 18.3.